The molecule has 0 spiro atoms. The van der Waals surface area contributed by atoms with Gasteiger partial charge in [-0.3, -0.25) is 9.10 Å². The van der Waals surface area contributed by atoms with Gasteiger partial charge in [0.05, 0.1) is 19.1 Å². The van der Waals surface area contributed by atoms with E-state index in [4.69, 9.17) is 4.74 Å². The van der Waals surface area contributed by atoms with Crippen molar-refractivity contribution in [1.29, 1.82) is 0 Å². The maximum Gasteiger partial charge on any atom is 0.240 e. The molecule has 1 N–H and O–H groups in total. The molecule has 0 aliphatic rings. The summed E-state index contributed by atoms with van der Waals surface area (Å²) >= 11 is 0. The molecule has 0 aliphatic carbocycles. The van der Waals surface area contributed by atoms with Crippen LogP contribution in [0.1, 0.15) is 17.5 Å². The van der Waals surface area contributed by atoms with Crippen molar-refractivity contribution < 1.29 is 17.9 Å². The summed E-state index contributed by atoms with van der Waals surface area (Å²) in [5.41, 5.74) is 2.55. The highest BCUT2D eigenvalue weighted by Gasteiger charge is 2.20. The number of hydrogen-bond donors (Lipinski definition) is 1. The number of carbonyl (C=O) groups excluding carboxylic acids is 1. The average Bonchev–Trinajstić information content (AvgIpc) is 2.62. The van der Waals surface area contributed by atoms with Gasteiger partial charge < -0.3 is 10.1 Å². The summed E-state index contributed by atoms with van der Waals surface area (Å²) in [5, 5.41) is 2.79. The van der Waals surface area contributed by atoms with Crippen LogP contribution in [-0.4, -0.2) is 40.8 Å². The summed E-state index contributed by atoms with van der Waals surface area (Å²) in [5.74, 6) is 0.478. The Morgan fingerprint density at radius 3 is 2.56 bits per heavy atom. The highest BCUT2D eigenvalue weighted by atomic mass is 32.2. The number of benzene rings is 2. The molecule has 1 amide bonds. The lowest BCUT2D eigenvalue weighted by atomic mass is 10.1. The summed E-state index contributed by atoms with van der Waals surface area (Å²) in [4.78, 5) is 12.2. The Balaban J connectivity index is 1.88. The molecule has 0 bridgehead atoms. The number of rotatable bonds is 9. The Bertz CT molecular complexity index is 881. The highest BCUT2D eigenvalue weighted by Crippen LogP contribution is 2.18. The lowest BCUT2D eigenvalue weighted by molar-refractivity contribution is -0.119. The minimum atomic E-state index is -3.55. The van der Waals surface area contributed by atoms with E-state index in [0.29, 0.717) is 12.2 Å². The predicted molar refractivity (Wildman–Crippen MR) is 108 cm³/mol. The fourth-order valence-electron chi connectivity index (χ4n) is 2.72. The molecule has 0 unspecified atom stereocenters. The molecule has 6 nitrogen and oxygen atoms in total. The van der Waals surface area contributed by atoms with Gasteiger partial charge >= 0.3 is 0 Å². The van der Waals surface area contributed by atoms with Crippen molar-refractivity contribution in [2.24, 2.45) is 0 Å². The van der Waals surface area contributed by atoms with Gasteiger partial charge in [0.2, 0.25) is 15.9 Å². The van der Waals surface area contributed by atoms with Gasteiger partial charge in [0.25, 0.3) is 0 Å². The van der Waals surface area contributed by atoms with Gasteiger partial charge in [-0.2, -0.15) is 0 Å². The number of hydrogen-bond acceptors (Lipinski definition) is 4. The fourth-order valence-corrected chi connectivity index (χ4v) is 3.57. The van der Waals surface area contributed by atoms with Crippen LogP contribution in [0, 0.1) is 6.92 Å². The van der Waals surface area contributed by atoms with E-state index in [1.807, 2.05) is 37.3 Å². The first-order chi connectivity index (χ1) is 12.8. The Morgan fingerprint density at radius 1 is 1.15 bits per heavy atom. The van der Waals surface area contributed by atoms with E-state index in [0.717, 1.165) is 40.3 Å². The van der Waals surface area contributed by atoms with E-state index in [2.05, 4.69) is 5.32 Å². The second-order valence-corrected chi connectivity index (χ2v) is 8.32. The summed E-state index contributed by atoms with van der Waals surface area (Å²) in [6.07, 6.45) is 2.65. The Morgan fingerprint density at radius 2 is 1.89 bits per heavy atom. The van der Waals surface area contributed by atoms with Gasteiger partial charge in [0, 0.05) is 6.54 Å². The molecule has 2 aromatic rings. The number of anilines is 1. The molecule has 0 aromatic heterocycles. The van der Waals surface area contributed by atoms with Crippen LogP contribution in [0.3, 0.4) is 0 Å². The molecule has 0 atom stereocenters. The van der Waals surface area contributed by atoms with Crippen molar-refractivity contribution in [3.8, 4) is 5.75 Å². The van der Waals surface area contributed by atoms with E-state index in [-0.39, 0.29) is 12.5 Å². The Hall–Kier alpha value is -2.54. The SMILES string of the molecule is COc1cccc(CCCNC(=O)CN(c2cccc(C)c2)S(C)(=O)=O)c1. The molecular weight excluding hydrogens is 364 g/mol. The quantitative estimate of drug-likeness (QED) is 0.668. The first-order valence-electron chi connectivity index (χ1n) is 8.73. The summed E-state index contributed by atoms with van der Waals surface area (Å²) in [6, 6.07) is 14.9. The maximum absolute atomic E-state index is 12.2. The lowest BCUT2D eigenvalue weighted by Crippen LogP contribution is -2.40. The van der Waals surface area contributed by atoms with Crippen LogP contribution in [0.25, 0.3) is 0 Å². The van der Waals surface area contributed by atoms with E-state index in [9.17, 15) is 13.2 Å². The molecule has 0 fully saturated rings. The monoisotopic (exact) mass is 390 g/mol. The van der Waals surface area contributed by atoms with Crippen LogP contribution in [0.2, 0.25) is 0 Å². The number of ether oxygens (including phenoxy) is 1. The van der Waals surface area contributed by atoms with Crippen LogP contribution in [0.15, 0.2) is 48.5 Å². The third-order valence-corrected chi connectivity index (χ3v) is 5.22. The predicted octanol–water partition coefficient (Wildman–Crippen LogP) is 2.52. The number of aryl methyl sites for hydroxylation is 2. The van der Waals surface area contributed by atoms with Crippen molar-refractivity contribution in [2.45, 2.75) is 19.8 Å². The number of nitrogens with zero attached hydrogens (tertiary/aromatic N) is 1. The van der Waals surface area contributed by atoms with Crippen LogP contribution in [-0.2, 0) is 21.2 Å². The first-order valence-corrected chi connectivity index (χ1v) is 10.6. The number of carbonyl (C=O) groups is 1. The van der Waals surface area contributed by atoms with Crippen molar-refractivity contribution >= 4 is 21.6 Å². The lowest BCUT2D eigenvalue weighted by Gasteiger charge is -2.22. The molecular formula is C20H26N2O4S. The zero-order valence-corrected chi connectivity index (χ0v) is 16.8. The molecule has 0 radical (unpaired) electrons. The second kappa shape index (κ2) is 9.41. The summed E-state index contributed by atoms with van der Waals surface area (Å²) < 4.78 is 30.5. The van der Waals surface area contributed by atoms with Crippen molar-refractivity contribution in [3.63, 3.8) is 0 Å². The van der Waals surface area contributed by atoms with E-state index in [1.165, 1.54) is 0 Å². The molecule has 2 rings (SSSR count). The van der Waals surface area contributed by atoms with Crippen molar-refractivity contribution in [2.75, 3.05) is 30.8 Å². The Labute approximate surface area is 161 Å². The van der Waals surface area contributed by atoms with Crippen LogP contribution < -0.4 is 14.4 Å². The highest BCUT2D eigenvalue weighted by molar-refractivity contribution is 7.92. The molecule has 0 saturated heterocycles. The maximum atomic E-state index is 12.2. The minimum Gasteiger partial charge on any atom is -0.497 e. The number of amides is 1. The molecule has 0 heterocycles. The van der Waals surface area contributed by atoms with Crippen LogP contribution >= 0.6 is 0 Å². The van der Waals surface area contributed by atoms with E-state index in [1.54, 1.807) is 25.3 Å². The smallest absolute Gasteiger partial charge is 0.240 e. The number of methoxy groups -OCH3 is 1. The molecule has 2 aromatic carbocycles. The van der Waals surface area contributed by atoms with Crippen molar-refractivity contribution in [1.82, 2.24) is 5.32 Å². The van der Waals surface area contributed by atoms with Gasteiger partial charge in [0.15, 0.2) is 0 Å². The van der Waals surface area contributed by atoms with E-state index >= 15 is 0 Å². The normalized spacial score (nSPS) is 11.1. The molecule has 0 saturated carbocycles. The van der Waals surface area contributed by atoms with Crippen LogP contribution in [0.5, 0.6) is 5.75 Å². The minimum absolute atomic E-state index is 0.235. The summed E-state index contributed by atoms with van der Waals surface area (Å²) in [7, 11) is -1.93. The molecule has 7 heteroatoms. The molecule has 146 valence electrons. The second-order valence-electron chi connectivity index (χ2n) is 6.41. The fraction of sp³-hybridized carbons (Fsp3) is 0.350. The topological polar surface area (TPSA) is 75.7 Å². The number of nitrogens with one attached hydrogen (secondary N) is 1. The first kappa shape index (κ1) is 20.8. The zero-order valence-electron chi connectivity index (χ0n) is 15.9. The number of sulfonamides is 1. The standard InChI is InChI=1S/C20H26N2O4S/c1-16-7-4-10-18(13-16)22(27(3,24)25)15-20(23)21-12-6-9-17-8-5-11-19(14-17)26-2/h4-5,7-8,10-11,13-14H,6,9,12,15H2,1-3H3,(H,21,23). The Kier molecular flexibility index (Phi) is 7.24. The van der Waals surface area contributed by atoms with E-state index < -0.39 is 10.0 Å². The third-order valence-electron chi connectivity index (χ3n) is 4.08. The average molecular weight is 391 g/mol. The van der Waals surface area contributed by atoms with Gasteiger partial charge in [-0.25, -0.2) is 8.42 Å². The van der Waals surface area contributed by atoms with Gasteiger partial charge in [-0.1, -0.05) is 24.3 Å². The van der Waals surface area contributed by atoms with Crippen molar-refractivity contribution in [3.05, 3.63) is 59.7 Å². The third kappa shape index (κ3) is 6.60. The van der Waals surface area contributed by atoms with Gasteiger partial charge in [-0.05, 0) is 55.2 Å². The largest absolute Gasteiger partial charge is 0.497 e. The molecule has 27 heavy (non-hydrogen) atoms. The zero-order chi connectivity index (χ0) is 19.9. The molecule has 0 aliphatic heterocycles. The van der Waals surface area contributed by atoms with Gasteiger partial charge in [-0.15, -0.1) is 0 Å². The summed E-state index contributed by atoms with van der Waals surface area (Å²) in [6.45, 7) is 2.12. The van der Waals surface area contributed by atoms with Gasteiger partial charge in [0.1, 0.15) is 12.3 Å². The van der Waals surface area contributed by atoms with Crippen LogP contribution in [0.4, 0.5) is 5.69 Å².